The summed E-state index contributed by atoms with van der Waals surface area (Å²) in [6, 6.07) is 3.49. The second-order valence-corrected chi connectivity index (χ2v) is 4.89. The third-order valence-electron chi connectivity index (χ3n) is 3.54. The fraction of sp³-hybridized carbons (Fsp3) is 0.308. The third-order valence-corrected chi connectivity index (χ3v) is 3.54. The Bertz CT molecular complexity index is 864. The van der Waals surface area contributed by atoms with E-state index < -0.39 is 17.9 Å². The molecule has 0 saturated heterocycles. The zero-order valence-electron chi connectivity index (χ0n) is 11.2. The van der Waals surface area contributed by atoms with Gasteiger partial charge in [-0.25, -0.2) is 4.79 Å². The number of H-pyrrole nitrogens is 2. The number of hydrogen-bond donors (Lipinski definition) is 2. The molecule has 7 nitrogen and oxygen atoms in total. The predicted octanol–water partition coefficient (Wildman–Crippen LogP) is 1.11. The highest BCUT2D eigenvalue weighted by Gasteiger charge is 2.40. The second kappa shape index (κ2) is 5.85. The van der Waals surface area contributed by atoms with Gasteiger partial charge < -0.3 is 4.98 Å². The number of nitrogens with zero attached hydrogens (tertiary/aromatic N) is 3. The first-order chi connectivity index (χ1) is 10.1. The minimum Gasteiger partial charge on any atom is -0.313 e. The van der Waals surface area contributed by atoms with E-state index >= 15 is 0 Å². The average molecular weight is 311 g/mol. The first-order valence-corrected chi connectivity index (χ1v) is 6.30. The highest BCUT2D eigenvalue weighted by Crippen LogP contribution is 2.48. The maximum atomic E-state index is 12.7. The van der Waals surface area contributed by atoms with Gasteiger partial charge in [-0.1, -0.05) is 0 Å². The minimum absolute atomic E-state index is 0. The number of aromatic nitrogens is 4. The summed E-state index contributed by atoms with van der Waals surface area (Å²) in [5.41, 5.74) is -0.0978. The molecule has 2 aromatic rings. The van der Waals surface area contributed by atoms with Crippen molar-refractivity contribution in [1.82, 2.24) is 20.2 Å². The standard InChI is InChI=1S/C13H10FN5O2.FH.2H2/c14-3-6-1-7(6)8-2-10(18-19-11(8)4-15)9-5-16-13(21)17-12(9)20;;;/h2,5-7H,1,3H2,(H2,16,17,20,21);3*1H/t6-,7+;;;/m1.../s1. The molecule has 2 N–H and O–H groups in total. The molecule has 0 bridgehead atoms. The van der Waals surface area contributed by atoms with Crippen LogP contribution in [0.3, 0.4) is 0 Å². The van der Waals surface area contributed by atoms with Crippen LogP contribution in [0.25, 0.3) is 11.3 Å². The van der Waals surface area contributed by atoms with Crippen LogP contribution < -0.4 is 11.2 Å². The molecule has 1 fully saturated rings. The smallest absolute Gasteiger partial charge is 0.313 e. The fourth-order valence-electron chi connectivity index (χ4n) is 2.31. The molecular weight excluding hydrogens is 296 g/mol. The third kappa shape index (κ3) is 2.63. The van der Waals surface area contributed by atoms with Crippen molar-refractivity contribution in [3.05, 3.63) is 44.4 Å². The monoisotopic (exact) mass is 311 g/mol. The molecule has 3 rings (SSSR count). The minimum atomic E-state index is -0.620. The number of halogens is 2. The van der Waals surface area contributed by atoms with E-state index in [1.165, 1.54) is 6.20 Å². The maximum Gasteiger partial charge on any atom is 0.325 e. The van der Waals surface area contributed by atoms with Crippen molar-refractivity contribution >= 4 is 0 Å². The van der Waals surface area contributed by atoms with Crippen LogP contribution in [0.2, 0.25) is 0 Å². The van der Waals surface area contributed by atoms with Crippen LogP contribution >= 0.6 is 0 Å². The molecule has 0 aromatic carbocycles. The van der Waals surface area contributed by atoms with Crippen LogP contribution in [0.1, 0.15) is 26.4 Å². The zero-order chi connectivity index (χ0) is 15.0. The van der Waals surface area contributed by atoms with Gasteiger partial charge in [0.25, 0.3) is 5.56 Å². The van der Waals surface area contributed by atoms with Crippen molar-refractivity contribution in [2.24, 2.45) is 5.92 Å². The van der Waals surface area contributed by atoms with E-state index in [0.717, 1.165) is 0 Å². The van der Waals surface area contributed by atoms with Crippen molar-refractivity contribution in [2.45, 2.75) is 12.3 Å². The van der Waals surface area contributed by atoms with Gasteiger partial charge in [-0.05, 0) is 29.9 Å². The summed E-state index contributed by atoms with van der Waals surface area (Å²) in [7, 11) is 0. The van der Waals surface area contributed by atoms with Crippen molar-refractivity contribution in [2.75, 3.05) is 6.67 Å². The first-order valence-electron chi connectivity index (χ1n) is 6.30. The normalized spacial score (nSPS) is 19.1. The molecule has 0 unspecified atom stereocenters. The first kappa shape index (κ1) is 15.5. The summed E-state index contributed by atoms with van der Waals surface area (Å²) >= 11 is 0. The lowest BCUT2D eigenvalue weighted by Crippen LogP contribution is -2.23. The van der Waals surface area contributed by atoms with Crippen LogP contribution in [0.4, 0.5) is 9.09 Å². The molecule has 1 aliphatic carbocycles. The van der Waals surface area contributed by atoms with Crippen LogP contribution in [-0.2, 0) is 0 Å². The lowest BCUT2D eigenvalue weighted by molar-refractivity contribution is 0.452. The molecule has 22 heavy (non-hydrogen) atoms. The molecule has 0 radical (unpaired) electrons. The van der Waals surface area contributed by atoms with Crippen LogP contribution in [0, 0.1) is 17.2 Å². The van der Waals surface area contributed by atoms with Gasteiger partial charge >= 0.3 is 5.69 Å². The molecule has 0 aliphatic heterocycles. The highest BCUT2D eigenvalue weighted by atomic mass is 19.1. The Morgan fingerprint density at radius 2 is 2.23 bits per heavy atom. The number of nitrogens with one attached hydrogen (secondary N) is 2. The second-order valence-electron chi connectivity index (χ2n) is 4.89. The Balaban J connectivity index is 0.00000176. The molecule has 118 valence electrons. The van der Waals surface area contributed by atoms with E-state index in [1.807, 2.05) is 6.07 Å². The summed E-state index contributed by atoms with van der Waals surface area (Å²) < 4.78 is 12.7. The zero-order valence-corrected chi connectivity index (χ0v) is 11.2. The van der Waals surface area contributed by atoms with Gasteiger partial charge in [0.1, 0.15) is 11.8 Å². The van der Waals surface area contributed by atoms with Gasteiger partial charge in [-0.3, -0.25) is 18.9 Å². The van der Waals surface area contributed by atoms with E-state index in [4.69, 9.17) is 5.26 Å². The maximum absolute atomic E-state index is 12.7. The van der Waals surface area contributed by atoms with Gasteiger partial charge in [0.15, 0.2) is 5.69 Å². The van der Waals surface area contributed by atoms with Crippen LogP contribution in [0.15, 0.2) is 21.9 Å². The molecular formula is C13H15F2N5O2. The van der Waals surface area contributed by atoms with E-state index in [0.29, 0.717) is 12.0 Å². The Hall–Kier alpha value is -2.89. The largest absolute Gasteiger partial charge is 0.325 e. The predicted molar refractivity (Wildman–Crippen MR) is 77.0 cm³/mol. The van der Waals surface area contributed by atoms with E-state index in [1.54, 1.807) is 6.07 Å². The molecule has 1 aliphatic rings. The number of alkyl halides is 1. The fourth-order valence-corrected chi connectivity index (χ4v) is 2.31. The molecule has 2 atom stereocenters. The van der Waals surface area contributed by atoms with Gasteiger partial charge in [0.2, 0.25) is 0 Å². The van der Waals surface area contributed by atoms with Gasteiger partial charge in [0, 0.05) is 9.05 Å². The van der Waals surface area contributed by atoms with Gasteiger partial charge in [-0.2, -0.15) is 5.26 Å². The van der Waals surface area contributed by atoms with E-state index in [2.05, 4.69) is 20.2 Å². The number of nitriles is 1. The highest BCUT2D eigenvalue weighted by molar-refractivity contribution is 5.58. The van der Waals surface area contributed by atoms with Crippen molar-refractivity contribution in [3.8, 4) is 17.3 Å². The molecule has 9 heteroatoms. The number of hydrogen-bond acceptors (Lipinski definition) is 5. The lowest BCUT2D eigenvalue weighted by Gasteiger charge is -2.04. The van der Waals surface area contributed by atoms with Crippen molar-refractivity contribution < 1.29 is 11.9 Å². The Labute approximate surface area is 125 Å². The summed E-state index contributed by atoms with van der Waals surface area (Å²) in [6.07, 6.45) is 1.89. The van der Waals surface area contributed by atoms with Gasteiger partial charge in [-0.15, -0.1) is 10.2 Å². The summed E-state index contributed by atoms with van der Waals surface area (Å²) in [4.78, 5) is 27.2. The molecule has 1 saturated carbocycles. The Kier molecular flexibility index (Phi) is 4.12. The van der Waals surface area contributed by atoms with E-state index in [-0.39, 0.29) is 36.3 Å². The summed E-state index contributed by atoms with van der Waals surface area (Å²) in [6.45, 7) is -0.452. The lowest BCUT2D eigenvalue weighted by atomic mass is 10.1. The molecule has 2 aromatic heterocycles. The van der Waals surface area contributed by atoms with Crippen molar-refractivity contribution in [3.63, 3.8) is 0 Å². The van der Waals surface area contributed by atoms with E-state index in [9.17, 15) is 14.0 Å². The Morgan fingerprint density at radius 3 is 2.82 bits per heavy atom. The van der Waals surface area contributed by atoms with Crippen LogP contribution in [-0.4, -0.2) is 26.8 Å². The SMILES string of the molecule is F.N#Cc1nnc(-c2c[nH]c(=O)[nH]c2=O)cc1[C@H]1C[C@@H]1CF.[HH].[HH]. The molecule has 0 amide bonds. The van der Waals surface area contributed by atoms with Crippen molar-refractivity contribution in [1.29, 1.82) is 5.26 Å². The molecule has 2 heterocycles. The Morgan fingerprint density at radius 1 is 1.45 bits per heavy atom. The summed E-state index contributed by atoms with van der Waals surface area (Å²) in [5, 5.41) is 16.7. The average Bonchev–Trinajstić information content (AvgIpc) is 3.26. The van der Waals surface area contributed by atoms with Gasteiger partial charge in [0.05, 0.1) is 12.2 Å². The van der Waals surface area contributed by atoms with Crippen LogP contribution in [0.5, 0.6) is 0 Å². The number of aromatic amines is 2. The number of rotatable bonds is 3. The molecule has 0 spiro atoms. The summed E-state index contributed by atoms with van der Waals surface area (Å²) in [5.74, 6) is -0.177. The quantitative estimate of drug-likeness (QED) is 0.881. The topological polar surface area (TPSA) is 115 Å².